The summed E-state index contributed by atoms with van der Waals surface area (Å²) in [5.74, 6) is 0.308. The van der Waals surface area contributed by atoms with E-state index >= 15 is 0 Å². The van der Waals surface area contributed by atoms with Crippen LogP contribution in [0.5, 0.6) is 0 Å². The van der Waals surface area contributed by atoms with E-state index < -0.39 is 0 Å². The lowest BCUT2D eigenvalue weighted by Gasteiger charge is -2.11. The summed E-state index contributed by atoms with van der Waals surface area (Å²) in [5, 5.41) is 7.72. The zero-order valence-corrected chi connectivity index (χ0v) is 12.2. The summed E-state index contributed by atoms with van der Waals surface area (Å²) in [6.45, 7) is 1.83. The fourth-order valence-corrected chi connectivity index (χ4v) is 2.18. The molecule has 0 saturated heterocycles. The van der Waals surface area contributed by atoms with Crippen molar-refractivity contribution in [3.63, 3.8) is 0 Å². The maximum atomic E-state index is 12.2. The Balaban J connectivity index is 1.80. The number of hydrogen-bond donors (Lipinski definition) is 1. The van der Waals surface area contributed by atoms with E-state index in [0.29, 0.717) is 5.76 Å². The fourth-order valence-electron chi connectivity index (χ4n) is 2.18. The molecule has 2 heterocycles. The Bertz CT molecular complexity index is 862. The van der Waals surface area contributed by atoms with Crippen LogP contribution >= 0.6 is 0 Å². The number of hydrogen-bond acceptors (Lipinski definition) is 4. The molecular formula is C16H15N3O3. The van der Waals surface area contributed by atoms with Gasteiger partial charge in [0.05, 0.1) is 6.04 Å². The zero-order valence-electron chi connectivity index (χ0n) is 12.2. The maximum absolute atomic E-state index is 12.2. The van der Waals surface area contributed by atoms with Crippen LogP contribution in [-0.2, 0) is 7.05 Å². The molecule has 0 spiro atoms. The summed E-state index contributed by atoms with van der Waals surface area (Å²) in [4.78, 5) is 23.5. The van der Waals surface area contributed by atoms with E-state index in [1.54, 1.807) is 0 Å². The lowest BCUT2D eigenvalue weighted by Crippen LogP contribution is -2.30. The van der Waals surface area contributed by atoms with E-state index in [9.17, 15) is 9.59 Å². The molecule has 22 heavy (non-hydrogen) atoms. The molecule has 1 N–H and O–H groups in total. The van der Waals surface area contributed by atoms with E-state index in [1.807, 2.05) is 37.3 Å². The third-order valence-electron chi connectivity index (χ3n) is 3.41. The number of aromatic nitrogens is 2. The molecule has 0 bridgehead atoms. The molecule has 2 aromatic heterocycles. The summed E-state index contributed by atoms with van der Waals surface area (Å²) in [7, 11) is 1.50. The van der Waals surface area contributed by atoms with Crippen LogP contribution in [0.15, 0.2) is 51.7 Å². The first-order chi connectivity index (χ1) is 10.5. The van der Waals surface area contributed by atoms with Crippen molar-refractivity contribution >= 4 is 16.9 Å². The molecule has 0 aliphatic heterocycles. The van der Waals surface area contributed by atoms with Crippen LogP contribution < -0.4 is 10.9 Å². The van der Waals surface area contributed by atoms with Gasteiger partial charge in [-0.25, -0.2) is 4.68 Å². The molecular weight excluding hydrogens is 282 g/mol. The summed E-state index contributed by atoms with van der Waals surface area (Å²) >= 11 is 0. The van der Waals surface area contributed by atoms with Crippen molar-refractivity contribution in [3.8, 4) is 0 Å². The average molecular weight is 297 g/mol. The molecule has 1 amide bonds. The lowest BCUT2D eigenvalue weighted by atomic mass is 10.2. The van der Waals surface area contributed by atoms with Gasteiger partial charge in [0, 0.05) is 18.5 Å². The number of rotatable bonds is 3. The highest BCUT2D eigenvalue weighted by Gasteiger charge is 2.16. The minimum atomic E-state index is -0.358. The number of para-hydroxylation sites is 1. The van der Waals surface area contributed by atoms with Crippen LogP contribution in [0.3, 0.4) is 0 Å². The number of fused-ring (bicyclic) bond motifs is 1. The number of carbonyl (C=O) groups is 1. The van der Waals surface area contributed by atoms with Gasteiger partial charge >= 0.3 is 0 Å². The molecule has 1 aromatic carbocycles. The third-order valence-corrected chi connectivity index (χ3v) is 3.41. The van der Waals surface area contributed by atoms with Crippen LogP contribution in [0, 0.1) is 0 Å². The molecule has 0 aliphatic rings. The number of amides is 1. The number of carbonyl (C=O) groups excluding carboxylic acids is 1. The van der Waals surface area contributed by atoms with E-state index in [2.05, 4.69) is 10.4 Å². The van der Waals surface area contributed by atoms with E-state index in [-0.39, 0.29) is 23.2 Å². The first kappa shape index (κ1) is 14.1. The van der Waals surface area contributed by atoms with Crippen molar-refractivity contribution in [2.45, 2.75) is 13.0 Å². The van der Waals surface area contributed by atoms with Gasteiger partial charge in [-0.05, 0) is 25.1 Å². The second-order valence-corrected chi connectivity index (χ2v) is 5.06. The zero-order chi connectivity index (χ0) is 15.7. The molecule has 112 valence electrons. The highest BCUT2D eigenvalue weighted by Crippen LogP contribution is 2.23. The highest BCUT2D eigenvalue weighted by molar-refractivity contribution is 5.92. The Morgan fingerprint density at radius 1 is 1.27 bits per heavy atom. The predicted octanol–water partition coefficient (Wildman–Crippen LogP) is 2.02. The molecule has 6 nitrogen and oxygen atoms in total. The second-order valence-electron chi connectivity index (χ2n) is 5.06. The summed E-state index contributed by atoms with van der Waals surface area (Å²) in [6, 6.07) is 12.0. The Labute approximate surface area is 126 Å². The summed E-state index contributed by atoms with van der Waals surface area (Å²) in [5.41, 5.74) is 0.700. The van der Waals surface area contributed by atoms with Gasteiger partial charge in [-0.15, -0.1) is 0 Å². The van der Waals surface area contributed by atoms with Crippen molar-refractivity contribution < 1.29 is 9.21 Å². The molecule has 0 fully saturated rings. The monoisotopic (exact) mass is 297 g/mol. The van der Waals surface area contributed by atoms with Crippen LogP contribution in [-0.4, -0.2) is 15.7 Å². The predicted molar refractivity (Wildman–Crippen MR) is 81.6 cm³/mol. The first-order valence-electron chi connectivity index (χ1n) is 6.88. The van der Waals surface area contributed by atoms with Gasteiger partial charge in [0.2, 0.25) is 0 Å². The number of furan rings is 1. The van der Waals surface area contributed by atoms with Crippen molar-refractivity contribution in [2.75, 3.05) is 0 Å². The average Bonchev–Trinajstić information content (AvgIpc) is 2.94. The minimum Gasteiger partial charge on any atom is -0.459 e. The quantitative estimate of drug-likeness (QED) is 0.802. The van der Waals surface area contributed by atoms with Crippen molar-refractivity contribution in [1.82, 2.24) is 15.1 Å². The van der Waals surface area contributed by atoms with Gasteiger partial charge in [-0.2, -0.15) is 5.10 Å². The summed E-state index contributed by atoms with van der Waals surface area (Å²) in [6.07, 6.45) is 0. The van der Waals surface area contributed by atoms with Gasteiger partial charge < -0.3 is 9.73 Å². The number of aryl methyl sites for hydroxylation is 1. The standard InChI is InChI=1S/C16H15N3O3/c1-10(14-9-11-5-3-4-6-13(11)22-14)17-16(21)12-7-8-15(20)19(2)18-12/h3-10H,1-2H3,(H,17,21)/t10-/m0/s1. The van der Waals surface area contributed by atoms with Gasteiger partial charge in [0.1, 0.15) is 17.0 Å². The molecule has 3 aromatic rings. The normalized spacial score (nSPS) is 12.3. The SMILES string of the molecule is C[C@H](NC(=O)c1ccc(=O)n(C)n1)c1cc2ccccc2o1. The van der Waals surface area contributed by atoms with Crippen LogP contribution in [0.4, 0.5) is 0 Å². The van der Waals surface area contributed by atoms with E-state index in [1.165, 1.54) is 19.2 Å². The Kier molecular flexibility index (Phi) is 3.50. The molecule has 0 radical (unpaired) electrons. The lowest BCUT2D eigenvalue weighted by molar-refractivity contribution is 0.0928. The topological polar surface area (TPSA) is 77.1 Å². The van der Waals surface area contributed by atoms with Gasteiger partial charge in [0.15, 0.2) is 0 Å². The van der Waals surface area contributed by atoms with Crippen LogP contribution in [0.25, 0.3) is 11.0 Å². The second kappa shape index (κ2) is 5.48. The fraction of sp³-hybridized carbons (Fsp3) is 0.188. The Morgan fingerprint density at radius 3 is 2.77 bits per heavy atom. The van der Waals surface area contributed by atoms with Crippen molar-refractivity contribution in [1.29, 1.82) is 0 Å². The van der Waals surface area contributed by atoms with Crippen molar-refractivity contribution in [3.05, 3.63) is 64.3 Å². The highest BCUT2D eigenvalue weighted by atomic mass is 16.3. The largest absolute Gasteiger partial charge is 0.459 e. The van der Waals surface area contributed by atoms with Gasteiger partial charge in [-0.1, -0.05) is 18.2 Å². The van der Waals surface area contributed by atoms with Gasteiger partial charge in [-0.3, -0.25) is 9.59 Å². The smallest absolute Gasteiger partial charge is 0.272 e. The molecule has 3 rings (SSSR count). The first-order valence-corrected chi connectivity index (χ1v) is 6.88. The van der Waals surface area contributed by atoms with E-state index in [0.717, 1.165) is 15.7 Å². The minimum absolute atomic E-state index is 0.185. The van der Waals surface area contributed by atoms with Crippen LogP contribution in [0.1, 0.15) is 29.2 Å². The number of nitrogens with zero attached hydrogens (tertiary/aromatic N) is 2. The van der Waals surface area contributed by atoms with E-state index in [4.69, 9.17) is 4.42 Å². The van der Waals surface area contributed by atoms with Crippen LogP contribution in [0.2, 0.25) is 0 Å². The van der Waals surface area contributed by atoms with Gasteiger partial charge in [0.25, 0.3) is 11.5 Å². The number of benzene rings is 1. The molecule has 0 aliphatic carbocycles. The van der Waals surface area contributed by atoms with Crippen molar-refractivity contribution in [2.24, 2.45) is 7.05 Å². The Hall–Kier alpha value is -2.89. The maximum Gasteiger partial charge on any atom is 0.272 e. The molecule has 0 saturated carbocycles. The summed E-state index contributed by atoms with van der Waals surface area (Å²) < 4.78 is 6.84. The molecule has 6 heteroatoms. The molecule has 1 atom stereocenters. The Morgan fingerprint density at radius 2 is 2.05 bits per heavy atom. The third kappa shape index (κ3) is 2.63. The number of nitrogens with one attached hydrogen (secondary N) is 1. The molecule has 0 unspecified atom stereocenters.